The topological polar surface area (TPSA) is 18.5 Å². The molecule has 1 heterocycles. The Morgan fingerprint density at radius 2 is 1.65 bits per heavy atom. The molecule has 0 N–H and O–H groups in total. The van der Waals surface area contributed by atoms with E-state index in [1.54, 1.807) is 25.6 Å². The quantitative estimate of drug-likeness (QED) is 0.549. The van der Waals surface area contributed by atoms with Gasteiger partial charge in [0.1, 0.15) is 0 Å². The first-order valence-electron chi connectivity index (χ1n) is 5.79. The van der Waals surface area contributed by atoms with Crippen molar-refractivity contribution in [2.75, 3.05) is 14.2 Å². The van der Waals surface area contributed by atoms with Crippen LogP contribution in [0.15, 0.2) is 25.8 Å². The Morgan fingerprint density at radius 3 is 2.15 bits per heavy atom. The standard InChI is InChI=1S/C14H13Br2ClO2S/c1-7-4-10(18-2)11(19-3)5-8(7)13(17)9-6-12(15)20-14(9)16/h4-6,13H,1-3H3. The average molecular weight is 441 g/mol. The Balaban J connectivity index is 2.49. The first kappa shape index (κ1) is 16.1. The van der Waals surface area contributed by atoms with Crippen LogP contribution in [0.1, 0.15) is 22.1 Å². The fraction of sp³-hybridized carbons (Fsp3) is 0.286. The van der Waals surface area contributed by atoms with Gasteiger partial charge in [-0.25, -0.2) is 0 Å². The summed E-state index contributed by atoms with van der Waals surface area (Å²) in [7, 11) is 3.25. The molecular formula is C14H13Br2ClO2S. The molecule has 1 atom stereocenters. The van der Waals surface area contributed by atoms with Crippen molar-refractivity contribution in [2.45, 2.75) is 12.3 Å². The maximum atomic E-state index is 6.64. The molecule has 6 heteroatoms. The number of ether oxygens (including phenoxy) is 2. The van der Waals surface area contributed by atoms with E-state index in [2.05, 4.69) is 31.9 Å². The Morgan fingerprint density at radius 1 is 1.05 bits per heavy atom. The van der Waals surface area contributed by atoms with Crippen LogP contribution in [0.4, 0.5) is 0 Å². The molecule has 2 aromatic rings. The summed E-state index contributed by atoms with van der Waals surface area (Å²) in [6.07, 6.45) is 0. The van der Waals surface area contributed by atoms with Crippen LogP contribution in [-0.4, -0.2) is 14.2 Å². The second-order valence-electron chi connectivity index (χ2n) is 4.21. The van der Waals surface area contributed by atoms with Crippen LogP contribution in [0, 0.1) is 6.92 Å². The monoisotopic (exact) mass is 438 g/mol. The molecule has 2 rings (SSSR count). The molecule has 1 aromatic heterocycles. The van der Waals surface area contributed by atoms with Crippen LogP contribution in [0.5, 0.6) is 11.5 Å². The van der Waals surface area contributed by atoms with Crippen LogP contribution >= 0.6 is 54.8 Å². The minimum absolute atomic E-state index is 0.244. The first-order valence-corrected chi connectivity index (χ1v) is 8.63. The molecule has 0 saturated carbocycles. The number of methoxy groups -OCH3 is 2. The number of rotatable bonds is 4. The number of benzene rings is 1. The molecule has 0 aliphatic heterocycles. The summed E-state index contributed by atoms with van der Waals surface area (Å²) in [5, 5.41) is -0.244. The molecule has 0 aliphatic rings. The summed E-state index contributed by atoms with van der Waals surface area (Å²) in [5.74, 6) is 1.40. The third-order valence-corrected chi connectivity index (χ3v) is 5.86. The van der Waals surface area contributed by atoms with Gasteiger partial charge >= 0.3 is 0 Å². The lowest BCUT2D eigenvalue weighted by molar-refractivity contribution is 0.354. The van der Waals surface area contributed by atoms with Gasteiger partial charge in [0.2, 0.25) is 0 Å². The molecule has 0 amide bonds. The maximum Gasteiger partial charge on any atom is 0.161 e. The third kappa shape index (κ3) is 3.16. The van der Waals surface area contributed by atoms with Crippen LogP contribution in [-0.2, 0) is 0 Å². The van der Waals surface area contributed by atoms with Gasteiger partial charge < -0.3 is 9.47 Å². The zero-order valence-electron chi connectivity index (χ0n) is 11.2. The number of thiophene rings is 1. The van der Waals surface area contributed by atoms with E-state index in [9.17, 15) is 0 Å². The zero-order valence-corrected chi connectivity index (χ0v) is 15.9. The van der Waals surface area contributed by atoms with Gasteiger partial charge in [0.25, 0.3) is 0 Å². The minimum Gasteiger partial charge on any atom is -0.493 e. The highest BCUT2D eigenvalue weighted by Crippen LogP contribution is 2.43. The van der Waals surface area contributed by atoms with Gasteiger partial charge in [0.05, 0.1) is 27.2 Å². The lowest BCUT2D eigenvalue weighted by Crippen LogP contribution is -1.99. The number of aryl methyl sites for hydroxylation is 1. The second kappa shape index (κ2) is 6.69. The van der Waals surface area contributed by atoms with Crippen molar-refractivity contribution in [3.63, 3.8) is 0 Å². The van der Waals surface area contributed by atoms with Crippen molar-refractivity contribution in [1.82, 2.24) is 0 Å². The summed E-state index contributed by atoms with van der Waals surface area (Å²) >= 11 is 15.3. The SMILES string of the molecule is COc1cc(C)c(C(Cl)c2cc(Br)sc2Br)cc1OC. The lowest BCUT2D eigenvalue weighted by atomic mass is 10.0. The number of hydrogen-bond acceptors (Lipinski definition) is 3. The Kier molecular flexibility index (Phi) is 5.40. The van der Waals surface area contributed by atoms with Crippen LogP contribution in [0.2, 0.25) is 0 Å². The molecule has 0 fully saturated rings. The van der Waals surface area contributed by atoms with E-state index in [-0.39, 0.29) is 5.38 Å². The van der Waals surface area contributed by atoms with Gasteiger partial charge in [0.15, 0.2) is 11.5 Å². The fourth-order valence-electron chi connectivity index (χ4n) is 1.96. The third-order valence-electron chi connectivity index (χ3n) is 3.00. The number of halogens is 3. The van der Waals surface area contributed by atoms with Gasteiger partial charge in [-0.3, -0.25) is 0 Å². The van der Waals surface area contributed by atoms with E-state index in [4.69, 9.17) is 21.1 Å². The highest BCUT2D eigenvalue weighted by atomic mass is 79.9. The molecule has 0 spiro atoms. The van der Waals surface area contributed by atoms with E-state index in [0.29, 0.717) is 11.5 Å². The first-order chi connectivity index (χ1) is 9.47. The molecular weight excluding hydrogens is 427 g/mol. The average Bonchev–Trinajstić information content (AvgIpc) is 2.76. The zero-order chi connectivity index (χ0) is 14.9. The van der Waals surface area contributed by atoms with Crippen molar-refractivity contribution in [3.8, 4) is 11.5 Å². The lowest BCUT2D eigenvalue weighted by Gasteiger charge is -2.16. The highest BCUT2D eigenvalue weighted by molar-refractivity contribution is 9.12. The van der Waals surface area contributed by atoms with E-state index >= 15 is 0 Å². The minimum atomic E-state index is -0.244. The van der Waals surface area contributed by atoms with Gasteiger partial charge in [-0.05, 0) is 68.1 Å². The van der Waals surface area contributed by atoms with Gasteiger partial charge in [-0.15, -0.1) is 22.9 Å². The molecule has 1 unspecified atom stereocenters. The van der Waals surface area contributed by atoms with Gasteiger partial charge in [0, 0.05) is 5.56 Å². The summed E-state index contributed by atoms with van der Waals surface area (Å²) < 4.78 is 12.7. The predicted molar refractivity (Wildman–Crippen MR) is 91.7 cm³/mol. The van der Waals surface area contributed by atoms with Crippen molar-refractivity contribution in [2.24, 2.45) is 0 Å². The Hall–Kier alpha value is -0.230. The maximum absolute atomic E-state index is 6.64. The van der Waals surface area contributed by atoms with Gasteiger partial charge in [-0.2, -0.15) is 0 Å². The molecule has 0 aliphatic carbocycles. The van der Waals surface area contributed by atoms with Crippen molar-refractivity contribution < 1.29 is 9.47 Å². The smallest absolute Gasteiger partial charge is 0.161 e. The predicted octanol–water partition coefficient (Wildman–Crippen LogP) is 5.93. The molecule has 1 aromatic carbocycles. The molecule has 108 valence electrons. The largest absolute Gasteiger partial charge is 0.493 e. The van der Waals surface area contributed by atoms with E-state index < -0.39 is 0 Å². The summed E-state index contributed by atoms with van der Waals surface area (Å²) in [6.45, 7) is 2.02. The van der Waals surface area contributed by atoms with E-state index in [1.165, 1.54) is 0 Å². The van der Waals surface area contributed by atoms with Crippen molar-refractivity contribution in [3.05, 3.63) is 42.5 Å². The van der Waals surface area contributed by atoms with E-state index in [1.807, 2.05) is 25.1 Å². The number of hydrogen-bond donors (Lipinski definition) is 0. The Labute approximate surface area is 144 Å². The van der Waals surface area contributed by atoms with Crippen molar-refractivity contribution in [1.29, 1.82) is 0 Å². The molecule has 0 saturated heterocycles. The second-order valence-corrected chi connectivity index (χ2v) is 8.39. The molecule has 2 nitrogen and oxygen atoms in total. The highest BCUT2D eigenvalue weighted by Gasteiger charge is 2.20. The molecule has 0 radical (unpaired) electrons. The molecule has 0 bridgehead atoms. The number of alkyl halides is 1. The van der Waals surface area contributed by atoms with Crippen LogP contribution < -0.4 is 9.47 Å². The fourth-order valence-corrected chi connectivity index (χ4v) is 5.47. The van der Waals surface area contributed by atoms with Gasteiger partial charge in [-0.1, -0.05) is 0 Å². The van der Waals surface area contributed by atoms with E-state index in [0.717, 1.165) is 24.3 Å². The van der Waals surface area contributed by atoms with Crippen LogP contribution in [0.25, 0.3) is 0 Å². The normalized spacial score (nSPS) is 12.3. The summed E-state index contributed by atoms with van der Waals surface area (Å²) in [4.78, 5) is 0. The molecule has 20 heavy (non-hydrogen) atoms. The summed E-state index contributed by atoms with van der Waals surface area (Å²) in [6, 6.07) is 5.91. The Bertz CT molecular complexity index is 628. The van der Waals surface area contributed by atoms with Crippen molar-refractivity contribution >= 4 is 54.8 Å². The summed E-state index contributed by atoms with van der Waals surface area (Å²) in [5.41, 5.74) is 3.12. The van der Waals surface area contributed by atoms with Crippen LogP contribution in [0.3, 0.4) is 0 Å².